The van der Waals surface area contributed by atoms with E-state index in [9.17, 15) is 0 Å². The molecule has 15 heavy (non-hydrogen) atoms. The van der Waals surface area contributed by atoms with E-state index in [0.717, 1.165) is 25.8 Å². The number of ether oxygens (including phenoxy) is 1. The van der Waals surface area contributed by atoms with Gasteiger partial charge in [-0.1, -0.05) is 6.92 Å². The third kappa shape index (κ3) is 2.52. The highest BCUT2D eigenvalue weighted by Crippen LogP contribution is 2.24. The van der Waals surface area contributed by atoms with E-state index in [1.807, 2.05) is 0 Å². The fourth-order valence-corrected chi connectivity index (χ4v) is 3.00. The van der Waals surface area contributed by atoms with Crippen LogP contribution in [0.1, 0.15) is 33.1 Å². The summed E-state index contributed by atoms with van der Waals surface area (Å²) in [5.74, 6) is 0. The Hall–Kier alpha value is -0.120. The van der Waals surface area contributed by atoms with Gasteiger partial charge in [-0.25, -0.2) is 0 Å². The molecule has 2 saturated heterocycles. The monoisotopic (exact) mass is 212 g/mol. The molecule has 0 aromatic heterocycles. The molecule has 2 aliphatic heterocycles. The molecule has 88 valence electrons. The first kappa shape index (κ1) is 11.4. The first-order valence-corrected chi connectivity index (χ1v) is 6.39. The normalized spacial score (nSPS) is 38.4. The highest BCUT2D eigenvalue weighted by atomic mass is 16.5. The minimum Gasteiger partial charge on any atom is -0.380 e. The number of rotatable bonds is 3. The molecule has 1 N–H and O–H groups in total. The van der Waals surface area contributed by atoms with E-state index in [2.05, 4.69) is 24.1 Å². The summed E-state index contributed by atoms with van der Waals surface area (Å²) >= 11 is 0. The lowest BCUT2D eigenvalue weighted by molar-refractivity contribution is -0.00531. The molecule has 2 fully saturated rings. The van der Waals surface area contributed by atoms with Crippen molar-refractivity contribution < 1.29 is 4.74 Å². The second-order valence-electron chi connectivity index (χ2n) is 4.82. The molecule has 0 bridgehead atoms. The van der Waals surface area contributed by atoms with Crippen LogP contribution in [0.5, 0.6) is 0 Å². The van der Waals surface area contributed by atoms with Gasteiger partial charge in [0.2, 0.25) is 0 Å². The summed E-state index contributed by atoms with van der Waals surface area (Å²) in [7, 11) is 0. The fourth-order valence-electron chi connectivity index (χ4n) is 3.00. The minimum absolute atomic E-state index is 0.608. The van der Waals surface area contributed by atoms with Crippen LogP contribution in [0, 0.1) is 0 Å². The smallest absolute Gasteiger partial charge is 0.0637 e. The second-order valence-corrected chi connectivity index (χ2v) is 4.82. The minimum atomic E-state index is 0.608. The molecule has 0 spiro atoms. The van der Waals surface area contributed by atoms with Crippen LogP contribution in [-0.4, -0.2) is 49.3 Å². The number of nitrogens with one attached hydrogen (secondary N) is 1. The lowest BCUT2D eigenvalue weighted by Crippen LogP contribution is -2.56. The standard InChI is InChI=1S/C12H24N2O/c1-3-13-11-6-8-15-9-12(11)14-7-4-5-10(14)2/h10-13H,3-9H2,1-2H3. The van der Waals surface area contributed by atoms with Crippen molar-refractivity contribution in [3.63, 3.8) is 0 Å². The first-order valence-electron chi connectivity index (χ1n) is 6.39. The lowest BCUT2D eigenvalue weighted by atomic mass is 10.0. The zero-order chi connectivity index (χ0) is 10.7. The largest absolute Gasteiger partial charge is 0.380 e. The Morgan fingerprint density at radius 1 is 1.40 bits per heavy atom. The molecule has 2 rings (SSSR count). The molecule has 3 heteroatoms. The van der Waals surface area contributed by atoms with Crippen molar-refractivity contribution in [1.82, 2.24) is 10.2 Å². The Morgan fingerprint density at radius 3 is 2.93 bits per heavy atom. The number of likely N-dealkylation sites (tertiary alicyclic amines) is 1. The number of likely N-dealkylation sites (N-methyl/N-ethyl adjacent to an activating group) is 1. The van der Waals surface area contributed by atoms with E-state index in [-0.39, 0.29) is 0 Å². The molecule has 0 radical (unpaired) electrons. The molecule has 0 aliphatic carbocycles. The number of hydrogen-bond donors (Lipinski definition) is 1. The van der Waals surface area contributed by atoms with Gasteiger partial charge in [0.05, 0.1) is 6.61 Å². The lowest BCUT2D eigenvalue weighted by Gasteiger charge is -2.40. The summed E-state index contributed by atoms with van der Waals surface area (Å²) in [6.07, 6.45) is 3.88. The molecule has 0 amide bonds. The zero-order valence-corrected chi connectivity index (χ0v) is 10.0. The highest BCUT2D eigenvalue weighted by Gasteiger charge is 2.34. The molecule has 2 aliphatic rings. The Labute approximate surface area is 93.2 Å². The molecule has 2 heterocycles. The quantitative estimate of drug-likeness (QED) is 0.762. The second kappa shape index (κ2) is 5.28. The van der Waals surface area contributed by atoms with Crippen LogP contribution in [-0.2, 0) is 4.74 Å². The highest BCUT2D eigenvalue weighted by molar-refractivity contribution is 4.91. The molecular formula is C12H24N2O. The molecule has 0 aromatic rings. The van der Waals surface area contributed by atoms with Gasteiger partial charge in [-0.15, -0.1) is 0 Å². The summed E-state index contributed by atoms with van der Waals surface area (Å²) in [6.45, 7) is 8.73. The Morgan fingerprint density at radius 2 is 2.27 bits per heavy atom. The van der Waals surface area contributed by atoms with Crippen LogP contribution in [0.15, 0.2) is 0 Å². The maximum absolute atomic E-state index is 5.64. The third-order valence-corrected chi connectivity index (χ3v) is 3.82. The Balaban J connectivity index is 1.97. The van der Waals surface area contributed by atoms with E-state index in [0.29, 0.717) is 12.1 Å². The predicted molar refractivity (Wildman–Crippen MR) is 62.1 cm³/mol. The molecule has 3 nitrogen and oxygen atoms in total. The van der Waals surface area contributed by atoms with Crippen LogP contribution in [0.4, 0.5) is 0 Å². The van der Waals surface area contributed by atoms with Gasteiger partial charge in [0.15, 0.2) is 0 Å². The summed E-state index contributed by atoms with van der Waals surface area (Å²) in [6, 6.07) is 2.00. The van der Waals surface area contributed by atoms with E-state index in [4.69, 9.17) is 4.74 Å². The average molecular weight is 212 g/mol. The third-order valence-electron chi connectivity index (χ3n) is 3.82. The number of hydrogen-bond acceptors (Lipinski definition) is 3. The van der Waals surface area contributed by atoms with Gasteiger partial charge in [0.25, 0.3) is 0 Å². The van der Waals surface area contributed by atoms with Gasteiger partial charge in [0.1, 0.15) is 0 Å². The Bertz CT molecular complexity index is 196. The summed E-state index contributed by atoms with van der Waals surface area (Å²) in [4.78, 5) is 2.65. The summed E-state index contributed by atoms with van der Waals surface area (Å²) < 4.78 is 5.64. The predicted octanol–water partition coefficient (Wildman–Crippen LogP) is 1.24. The summed E-state index contributed by atoms with van der Waals surface area (Å²) in [5, 5.41) is 3.61. The maximum Gasteiger partial charge on any atom is 0.0637 e. The Kier molecular flexibility index (Phi) is 4.00. The zero-order valence-electron chi connectivity index (χ0n) is 10.0. The fraction of sp³-hybridized carbons (Fsp3) is 1.00. The van der Waals surface area contributed by atoms with Crippen LogP contribution < -0.4 is 5.32 Å². The van der Waals surface area contributed by atoms with Gasteiger partial charge in [-0.3, -0.25) is 4.90 Å². The van der Waals surface area contributed by atoms with Crippen molar-refractivity contribution in [2.75, 3.05) is 26.3 Å². The van der Waals surface area contributed by atoms with Crippen molar-refractivity contribution >= 4 is 0 Å². The molecule has 0 aromatic carbocycles. The molecule has 3 atom stereocenters. The van der Waals surface area contributed by atoms with Crippen molar-refractivity contribution in [2.24, 2.45) is 0 Å². The van der Waals surface area contributed by atoms with Crippen LogP contribution in [0.2, 0.25) is 0 Å². The maximum atomic E-state index is 5.64. The van der Waals surface area contributed by atoms with Gasteiger partial charge in [0, 0.05) is 24.7 Å². The van der Waals surface area contributed by atoms with Crippen molar-refractivity contribution in [3.05, 3.63) is 0 Å². The van der Waals surface area contributed by atoms with E-state index in [1.54, 1.807) is 0 Å². The van der Waals surface area contributed by atoms with E-state index in [1.165, 1.54) is 25.8 Å². The van der Waals surface area contributed by atoms with Gasteiger partial charge >= 0.3 is 0 Å². The van der Waals surface area contributed by atoms with Crippen LogP contribution >= 0.6 is 0 Å². The first-order chi connectivity index (χ1) is 7.33. The molecule has 3 unspecified atom stereocenters. The van der Waals surface area contributed by atoms with E-state index >= 15 is 0 Å². The van der Waals surface area contributed by atoms with Crippen molar-refractivity contribution in [2.45, 2.75) is 51.2 Å². The van der Waals surface area contributed by atoms with Gasteiger partial charge in [-0.2, -0.15) is 0 Å². The van der Waals surface area contributed by atoms with Crippen LogP contribution in [0.3, 0.4) is 0 Å². The number of nitrogens with zero attached hydrogens (tertiary/aromatic N) is 1. The summed E-state index contributed by atoms with van der Waals surface area (Å²) in [5.41, 5.74) is 0. The van der Waals surface area contributed by atoms with Crippen LogP contribution in [0.25, 0.3) is 0 Å². The SMILES string of the molecule is CCNC1CCOCC1N1CCCC1C. The molecule has 0 saturated carbocycles. The van der Waals surface area contributed by atoms with E-state index < -0.39 is 0 Å². The van der Waals surface area contributed by atoms with Gasteiger partial charge < -0.3 is 10.1 Å². The topological polar surface area (TPSA) is 24.5 Å². The van der Waals surface area contributed by atoms with Crippen molar-refractivity contribution in [3.8, 4) is 0 Å². The molecular weight excluding hydrogens is 188 g/mol. The average Bonchev–Trinajstić information content (AvgIpc) is 2.66. The van der Waals surface area contributed by atoms with Gasteiger partial charge in [-0.05, 0) is 39.3 Å². The van der Waals surface area contributed by atoms with Crippen molar-refractivity contribution in [1.29, 1.82) is 0 Å².